The predicted molar refractivity (Wildman–Crippen MR) is 116 cm³/mol. The van der Waals surface area contributed by atoms with E-state index < -0.39 is 30.1 Å². The van der Waals surface area contributed by atoms with Gasteiger partial charge in [-0.3, -0.25) is 9.59 Å². The molecule has 0 radical (unpaired) electrons. The number of carbonyl (C=O) groups excluding carboxylic acids is 2. The fourth-order valence-electron chi connectivity index (χ4n) is 4.41. The van der Waals surface area contributed by atoms with Crippen molar-refractivity contribution in [3.8, 4) is 11.1 Å². The molecular weight excluding hydrogens is 412 g/mol. The number of hydrogen-bond acceptors (Lipinski definition) is 5. The molecule has 8 nitrogen and oxygen atoms in total. The molecule has 1 heterocycles. The third-order valence-electron chi connectivity index (χ3n) is 5.93. The summed E-state index contributed by atoms with van der Waals surface area (Å²) < 4.78 is 10.9. The van der Waals surface area contributed by atoms with E-state index in [1.807, 2.05) is 36.4 Å². The van der Waals surface area contributed by atoms with Crippen LogP contribution < -0.4 is 10.6 Å². The average molecular weight is 438 g/mol. The van der Waals surface area contributed by atoms with Crippen LogP contribution in [0.15, 0.2) is 48.5 Å². The van der Waals surface area contributed by atoms with Crippen molar-refractivity contribution in [3.05, 3.63) is 59.7 Å². The normalized spacial score (nSPS) is 20.2. The van der Waals surface area contributed by atoms with E-state index in [0.29, 0.717) is 0 Å². The summed E-state index contributed by atoms with van der Waals surface area (Å²) in [6.45, 7) is 2.14. The minimum atomic E-state index is -0.992. The summed E-state index contributed by atoms with van der Waals surface area (Å²) in [5.74, 6) is -2.00. The molecule has 2 aromatic carbocycles. The molecule has 1 aliphatic carbocycles. The number of hydrogen-bond donors (Lipinski definition) is 3. The van der Waals surface area contributed by atoms with Crippen LogP contribution in [0.2, 0.25) is 0 Å². The van der Waals surface area contributed by atoms with Gasteiger partial charge >= 0.3 is 12.1 Å². The lowest BCUT2D eigenvalue weighted by molar-refractivity contribution is -0.137. The van der Waals surface area contributed by atoms with Crippen LogP contribution in [-0.4, -0.2) is 55.0 Å². The maximum atomic E-state index is 12.5. The molecule has 3 unspecified atom stereocenters. The van der Waals surface area contributed by atoms with Gasteiger partial charge in [-0.2, -0.15) is 0 Å². The first-order valence-electron chi connectivity index (χ1n) is 10.7. The van der Waals surface area contributed by atoms with Gasteiger partial charge < -0.3 is 25.2 Å². The molecule has 1 fully saturated rings. The second-order valence-electron chi connectivity index (χ2n) is 8.23. The number of carbonyl (C=O) groups is 3. The van der Waals surface area contributed by atoms with Gasteiger partial charge in [0.2, 0.25) is 5.91 Å². The number of rotatable bonds is 7. The number of fused-ring (bicyclic) bond motifs is 3. The Balaban J connectivity index is 1.35. The molecular formula is C24H26N2O6. The molecule has 3 atom stereocenters. The Morgan fingerprint density at radius 1 is 1.06 bits per heavy atom. The van der Waals surface area contributed by atoms with Gasteiger partial charge in [0.25, 0.3) is 0 Å². The SMILES string of the molecule is CC(CC(=O)O)NC(=O)C1COCC1NC(=O)OCC1c2ccccc2-c2ccccc21. The molecule has 0 aromatic heterocycles. The number of nitrogens with one attached hydrogen (secondary N) is 2. The molecule has 0 spiro atoms. The molecule has 0 bridgehead atoms. The fraction of sp³-hybridized carbons (Fsp3) is 0.375. The molecule has 2 aliphatic rings. The molecule has 168 valence electrons. The quantitative estimate of drug-likeness (QED) is 0.612. The van der Waals surface area contributed by atoms with Crippen LogP contribution in [0.4, 0.5) is 4.79 Å². The Kier molecular flexibility index (Phi) is 6.41. The number of aliphatic carboxylic acids is 1. The minimum Gasteiger partial charge on any atom is -0.481 e. The lowest BCUT2D eigenvalue weighted by Gasteiger charge is -2.21. The van der Waals surface area contributed by atoms with Crippen LogP contribution in [0.5, 0.6) is 0 Å². The number of ether oxygens (including phenoxy) is 2. The predicted octanol–water partition coefficient (Wildman–Crippen LogP) is 2.52. The summed E-state index contributed by atoms with van der Waals surface area (Å²) in [6, 6.07) is 15.1. The Labute approximate surface area is 185 Å². The van der Waals surface area contributed by atoms with Crippen molar-refractivity contribution in [3.63, 3.8) is 0 Å². The standard InChI is InChI=1S/C24H26N2O6/c1-14(10-22(27)28)25-23(29)20-11-31-13-21(20)26-24(30)32-12-19-17-8-4-2-6-15(17)16-7-3-5-9-18(16)19/h2-9,14,19-21H,10-13H2,1H3,(H,25,29)(H,26,30)(H,27,28). The summed E-state index contributed by atoms with van der Waals surface area (Å²) in [4.78, 5) is 35.8. The Morgan fingerprint density at radius 3 is 2.31 bits per heavy atom. The molecule has 1 saturated heterocycles. The highest BCUT2D eigenvalue weighted by Gasteiger charge is 2.36. The summed E-state index contributed by atoms with van der Waals surface area (Å²) in [7, 11) is 0. The summed E-state index contributed by atoms with van der Waals surface area (Å²) in [5.41, 5.74) is 4.53. The van der Waals surface area contributed by atoms with Crippen LogP contribution in [-0.2, 0) is 19.1 Å². The number of amides is 2. The summed E-state index contributed by atoms with van der Waals surface area (Å²) in [6.07, 6.45) is -0.789. The summed E-state index contributed by atoms with van der Waals surface area (Å²) >= 11 is 0. The van der Waals surface area contributed by atoms with Crippen LogP contribution in [0.3, 0.4) is 0 Å². The van der Waals surface area contributed by atoms with Gasteiger partial charge in [0, 0.05) is 12.0 Å². The fourth-order valence-corrected chi connectivity index (χ4v) is 4.41. The second kappa shape index (κ2) is 9.40. The van der Waals surface area contributed by atoms with Crippen LogP contribution >= 0.6 is 0 Å². The molecule has 2 aromatic rings. The lowest BCUT2D eigenvalue weighted by Crippen LogP contribution is -2.48. The number of carboxylic acid groups (broad SMARTS) is 1. The molecule has 3 N–H and O–H groups in total. The number of benzene rings is 2. The maximum absolute atomic E-state index is 12.5. The van der Waals surface area contributed by atoms with Crippen LogP contribution in [0.25, 0.3) is 11.1 Å². The zero-order valence-corrected chi connectivity index (χ0v) is 17.7. The van der Waals surface area contributed by atoms with Gasteiger partial charge in [-0.1, -0.05) is 48.5 Å². The van der Waals surface area contributed by atoms with Crippen molar-refractivity contribution in [2.24, 2.45) is 5.92 Å². The van der Waals surface area contributed by atoms with Crippen LogP contribution in [0, 0.1) is 5.92 Å². The highest BCUT2D eigenvalue weighted by Crippen LogP contribution is 2.44. The van der Waals surface area contributed by atoms with Gasteiger partial charge in [-0.05, 0) is 29.2 Å². The summed E-state index contributed by atoms with van der Waals surface area (Å²) in [5, 5.41) is 14.3. The van der Waals surface area contributed by atoms with E-state index in [9.17, 15) is 14.4 Å². The van der Waals surface area contributed by atoms with E-state index in [4.69, 9.17) is 14.6 Å². The third-order valence-corrected chi connectivity index (χ3v) is 5.93. The molecule has 1 aliphatic heterocycles. The van der Waals surface area contributed by atoms with E-state index in [-0.39, 0.29) is 38.1 Å². The van der Waals surface area contributed by atoms with Gasteiger partial charge in [-0.15, -0.1) is 0 Å². The van der Waals surface area contributed by atoms with Crippen LogP contribution in [0.1, 0.15) is 30.4 Å². The average Bonchev–Trinajstić information content (AvgIpc) is 3.34. The van der Waals surface area contributed by atoms with Gasteiger partial charge in [0.15, 0.2) is 0 Å². The first kappa shape index (κ1) is 21.8. The Hall–Kier alpha value is -3.39. The second-order valence-corrected chi connectivity index (χ2v) is 8.23. The topological polar surface area (TPSA) is 114 Å². The Bertz CT molecular complexity index is 978. The third kappa shape index (κ3) is 4.60. The van der Waals surface area contributed by atoms with Crippen molar-refractivity contribution < 1.29 is 29.0 Å². The smallest absolute Gasteiger partial charge is 0.407 e. The minimum absolute atomic E-state index is 0.0519. The number of alkyl carbamates (subject to hydrolysis) is 1. The maximum Gasteiger partial charge on any atom is 0.407 e. The highest BCUT2D eigenvalue weighted by molar-refractivity contribution is 5.82. The first-order valence-corrected chi connectivity index (χ1v) is 10.7. The first-order chi connectivity index (χ1) is 15.4. The molecule has 2 amide bonds. The zero-order chi connectivity index (χ0) is 22.7. The van der Waals surface area contributed by atoms with E-state index >= 15 is 0 Å². The monoisotopic (exact) mass is 438 g/mol. The van der Waals surface area contributed by atoms with Crippen molar-refractivity contribution in [2.75, 3.05) is 19.8 Å². The van der Waals surface area contributed by atoms with E-state index in [1.165, 1.54) is 0 Å². The van der Waals surface area contributed by atoms with Crippen molar-refractivity contribution in [2.45, 2.75) is 31.3 Å². The van der Waals surface area contributed by atoms with E-state index in [1.54, 1.807) is 6.92 Å². The molecule has 8 heteroatoms. The molecule has 32 heavy (non-hydrogen) atoms. The van der Waals surface area contributed by atoms with Crippen molar-refractivity contribution in [1.29, 1.82) is 0 Å². The largest absolute Gasteiger partial charge is 0.481 e. The van der Waals surface area contributed by atoms with E-state index in [2.05, 4.69) is 22.8 Å². The molecule has 4 rings (SSSR count). The van der Waals surface area contributed by atoms with Gasteiger partial charge in [0.1, 0.15) is 6.61 Å². The van der Waals surface area contributed by atoms with Crippen molar-refractivity contribution in [1.82, 2.24) is 10.6 Å². The highest BCUT2D eigenvalue weighted by atomic mass is 16.5. The van der Waals surface area contributed by atoms with E-state index in [0.717, 1.165) is 22.3 Å². The number of carboxylic acids is 1. The Morgan fingerprint density at radius 2 is 1.69 bits per heavy atom. The van der Waals surface area contributed by atoms with Gasteiger partial charge in [-0.25, -0.2) is 4.79 Å². The van der Waals surface area contributed by atoms with Gasteiger partial charge in [0.05, 0.1) is 31.6 Å². The van der Waals surface area contributed by atoms with Crippen molar-refractivity contribution >= 4 is 18.0 Å². The lowest BCUT2D eigenvalue weighted by atomic mass is 9.98. The zero-order valence-electron chi connectivity index (χ0n) is 17.7. The molecule has 0 saturated carbocycles.